The summed E-state index contributed by atoms with van der Waals surface area (Å²) < 4.78 is 7.63. The Bertz CT molecular complexity index is 1300. The van der Waals surface area contributed by atoms with Crippen LogP contribution in [0.3, 0.4) is 0 Å². The van der Waals surface area contributed by atoms with Crippen molar-refractivity contribution in [3.8, 4) is 16.9 Å². The van der Waals surface area contributed by atoms with Crippen molar-refractivity contribution in [2.24, 2.45) is 0 Å². The third-order valence-corrected chi connectivity index (χ3v) is 5.79. The van der Waals surface area contributed by atoms with E-state index in [2.05, 4.69) is 27.6 Å². The highest BCUT2D eigenvalue weighted by Gasteiger charge is 2.26. The minimum absolute atomic E-state index is 0.113. The number of methoxy groups -OCH3 is 1. The van der Waals surface area contributed by atoms with E-state index in [1.54, 1.807) is 13.3 Å². The monoisotopic (exact) mass is 441 g/mol. The lowest BCUT2D eigenvalue weighted by Gasteiger charge is -2.17. The van der Waals surface area contributed by atoms with Crippen LogP contribution < -0.4 is 15.4 Å². The molecule has 1 aliphatic carbocycles. The van der Waals surface area contributed by atoms with Crippen LogP contribution in [-0.2, 0) is 6.54 Å². The van der Waals surface area contributed by atoms with Crippen molar-refractivity contribution in [3.05, 3.63) is 66.6 Å². The Morgan fingerprint density at radius 2 is 2.00 bits per heavy atom. The molecule has 0 aliphatic heterocycles. The summed E-state index contributed by atoms with van der Waals surface area (Å²) in [6.45, 7) is 2.98. The number of amides is 1. The Labute approximate surface area is 192 Å². The first-order valence-corrected chi connectivity index (χ1v) is 11.3. The average Bonchev–Trinajstić information content (AvgIpc) is 3.53. The molecule has 5 rings (SSSR count). The fraction of sp³-hybridized carbons (Fsp3) is 0.269. The van der Waals surface area contributed by atoms with Crippen molar-refractivity contribution < 1.29 is 9.53 Å². The Morgan fingerprint density at radius 3 is 2.73 bits per heavy atom. The van der Waals surface area contributed by atoms with Crippen molar-refractivity contribution in [2.45, 2.75) is 38.8 Å². The number of hydrogen-bond acceptors (Lipinski definition) is 5. The van der Waals surface area contributed by atoms with Gasteiger partial charge in [0.05, 0.1) is 30.1 Å². The number of hydrogen-bond donors (Lipinski definition) is 2. The zero-order valence-electron chi connectivity index (χ0n) is 18.8. The first-order chi connectivity index (χ1) is 16.2. The van der Waals surface area contributed by atoms with Gasteiger partial charge >= 0.3 is 0 Å². The number of anilines is 2. The van der Waals surface area contributed by atoms with Gasteiger partial charge in [-0.15, -0.1) is 0 Å². The van der Waals surface area contributed by atoms with Gasteiger partial charge in [-0.2, -0.15) is 5.10 Å². The fourth-order valence-corrected chi connectivity index (χ4v) is 3.93. The lowest BCUT2D eigenvalue weighted by molar-refractivity contribution is 0.0951. The van der Waals surface area contributed by atoms with Crippen LogP contribution in [0.4, 0.5) is 11.4 Å². The third kappa shape index (κ3) is 4.39. The first kappa shape index (κ1) is 21.0. The van der Waals surface area contributed by atoms with E-state index < -0.39 is 0 Å². The number of rotatable bonds is 8. The third-order valence-electron chi connectivity index (χ3n) is 5.79. The summed E-state index contributed by atoms with van der Waals surface area (Å²) in [5, 5.41) is 11.9. The maximum absolute atomic E-state index is 13.1. The van der Waals surface area contributed by atoms with Crippen molar-refractivity contribution in [1.82, 2.24) is 20.1 Å². The van der Waals surface area contributed by atoms with Gasteiger partial charge in [-0.05, 0) is 37.5 Å². The molecule has 2 aromatic heterocycles. The van der Waals surface area contributed by atoms with Crippen molar-refractivity contribution >= 4 is 28.2 Å². The van der Waals surface area contributed by atoms with E-state index in [1.165, 1.54) is 0 Å². The summed E-state index contributed by atoms with van der Waals surface area (Å²) in [6, 6.07) is 14.1. The molecule has 2 aromatic carbocycles. The highest BCUT2D eigenvalue weighted by atomic mass is 16.5. The number of carbonyl (C=O) groups is 1. The standard InChI is InChI=1S/C26H27N5O2/c1-3-11-31-16-17(14-28-31)20-12-21-23(13-24(20)33-2)27-15-22(26(32)30-19-9-10-19)25(21)29-18-7-5-4-6-8-18/h4-8,12-16,19H,3,9-11H2,1-2H3,(H,27,29)(H,30,32). The molecule has 4 aromatic rings. The molecule has 168 valence electrons. The van der Waals surface area contributed by atoms with E-state index in [1.807, 2.05) is 59.5 Å². The van der Waals surface area contributed by atoms with E-state index in [-0.39, 0.29) is 11.9 Å². The number of aromatic nitrogens is 3. The molecular weight excluding hydrogens is 414 g/mol. The van der Waals surface area contributed by atoms with Crippen LogP contribution in [0.1, 0.15) is 36.5 Å². The number of nitrogens with zero attached hydrogens (tertiary/aromatic N) is 3. The van der Waals surface area contributed by atoms with Gasteiger partial charge in [0.2, 0.25) is 0 Å². The van der Waals surface area contributed by atoms with Crippen LogP contribution in [-0.4, -0.2) is 33.8 Å². The van der Waals surface area contributed by atoms with Crippen LogP contribution >= 0.6 is 0 Å². The number of nitrogens with one attached hydrogen (secondary N) is 2. The highest BCUT2D eigenvalue weighted by Crippen LogP contribution is 2.38. The summed E-state index contributed by atoms with van der Waals surface area (Å²) in [6.07, 6.45) is 8.57. The lowest BCUT2D eigenvalue weighted by atomic mass is 10.0. The van der Waals surface area contributed by atoms with Crippen molar-refractivity contribution in [2.75, 3.05) is 12.4 Å². The predicted octanol–water partition coefficient (Wildman–Crippen LogP) is 5.15. The molecule has 7 heteroatoms. The second-order valence-electron chi connectivity index (χ2n) is 8.35. The number of para-hydroxylation sites is 1. The van der Waals surface area contributed by atoms with E-state index in [9.17, 15) is 4.79 Å². The van der Waals surface area contributed by atoms with Crippen molar-refractivity contribution in [1.29, 1.82) is 0 Å². The number of pyridine rings is 1. The van der Waals surface area contributed by atoms with E-state index in [0.717, 1.165) is 59.2 Å². The Kier molecular flexibility index (Phi) is 5.69. The number of carbonyl (C=O) groups excluding carboxylic acids is 1. The molecule has 2 N–H and O–H groups in total. The number of fused-ring (bicyclic) bond motifs is 1. The summed E-state index contributed by atoms with van der Waals surface area (Å²) in [5.74, 6) is 0.602. The molecule has 7 nitrogen and oxygen atoms in total. The molecular formula is C26H27N5O2. The molecule has 1 fully saturated rings. The van der Waals surface area contributed by atoms with Gasteiger partial charge in [-0.25, -0.2) is 0 Å². The summed E-state index contributed by atoms with van der Waals surface area (Å²) >= 11 is 0. The SMILES string of the molecule is CCCn1cc(-c2cc3c(Nc4ccccc4)c(C(=O)NC4CC4)cnc3cc2OC)cn1. The molecule has 1 aliphatic rings. The zero-order chi connectivity index (χ0) is 22.8. The Balaban J connectivity index is 1.67. The topological polar surface area (TPSA) is 81.1 Å². The van der Waals surface area contributed by atoms with Crippen LogP contribution in [0.5, 0.6) is 5.75 Å². The maximum Gasteiger partial charge on any atom is 0.255 e. The fourth-order valence-electron chi connectivity index (χ4n) is 3.93. The normalized spacial score (nSPS) is 13.2. The van der Waals surface area contributed by atoms with E-state index in [0.29, 0.717) is 11.3 Å². The Hall–Kier alpha value is -3.87. The summed E-state index contributed by atoms with van der Waals surface area (Å²) in [4.78, 5) is 17.7. The molecule has 0 radical (unpaired) electrons. The highest BCUT2D eigenvalue weighted by molar-refractivity contribution is 6.09. The quantitative estimate of drug-likeness (QED) is 0.395. The molecule has 0 bridgehead atoms. The van der Waals surface area contributed by atoms with Gasteiger partial charge in [0.1, 0.15) is 5.75 Å². The van der Waals surface area contributed by atoms with Crippen LogP contribution in [0.25, 0.3) is 22.0 Å². The van der Waals surface area contributed by atoms with Gasteiger partial charge in [0, 0.05) is 53.2 Å². The summed E-state index contributed by atoms with van der Waals surface area (Å²) in [5.41, 5.74) is 4.77. The molecule has 0 spiro atoms. The molecule has 2 heterocycles. The second-order valence-corrected chi connectivity index (χ2v) is 8.35. The number of aryl methyl sites for hydroxylation is 1. The molecule has 33 heavy (non-hydrogen) atoms. The number of benzene rings is 2. The van der Waals surface area contributed by atoms with Gasteiger partial charge in [0.15, 0.2) is 0 Å². The van der Waals surface area contributed by atoms with Crippen LogP contribution in [0.15, 0.2) is 61.1 Å². The van der Waals surface area contributed by atoms with Crippen molar-refractivity contribution in [3.63, 3.8) is 0 Å². The van der Waals surface area contributed by atoms with Gasteiger partial charge in [0.25, 0.3) is 5.91 Å². The van der Waals surface area contributed by atoms with Gasteiger partial charge in [-0.1, -0.05) is 25.1 Å². The minimum Gasteiger partial charge on any atom is -0.496 e. The lowest BCUT2D eigenvalue weighted by Crippen LogP contribution is -2.26. The minimum atomic E-state index is -0.113. The smallest absolute Gasteiger partial charge is 0.255 e. The van der Waals surface area contributed by atoms with Crippen LogP contribution in [0.2, 0.25) is 0 Å². The molecule has 0 saturated heterocycles. The molecule has 0 atom stereocenters. The maximum atomic E-state index is 13.1. The average molecular weight is 442 g/mol. The second kappa shape index (κ2) is 8.94. The van der Waals surface area contributed by atoms with Gasteiger partial charge < -0.3 is 15.4 Å². The van der Waals surface area contributed by atoms with Crippen LogP contribution in [0, 0.1) is 0 Å². The predicted molar refractivity (Wildman–Crippen MR) is 130 cm³/mol. The first-order valence-electron chi connectivity index (χ1n) is 11.3. The van der Waals surface area contributed by atoms with E-state index in [4.69, 9.17) is 4.74 Å². The summed E-state index contributed by atoms with van der Waals surface area (Å²) in [7, 11) is 1.65. The zero-order valence-corrected chi connectivity index (χ0v) is 18.8. The van der Waals surface area contributed by atoms with Gasteiger partial charge in [-0.3, -0.25) is 14.5 Å². The number of ether oxygens (including phenoxy) is 1. The largest absolute Gasteiger partial charge is 0.496 e. The molecule has 1 amide bonds. The van der Waals surface area contributed by atoms with E-state index >= 15 is 0 Å². The Morgan fingerprint density at radius 1 is 1.18 bits per heavy atom. The molecule has 1 saturated carbocycles. The molecule has 0 unspecified atom stereocenters.